The van der Waals surface area contributed by atoms with Crippen molar-refractivity contribution in [3.05, 3.63) is 60.8 Å². The molecule has 11 nitrogen and oxygen atoms in total. The maximum atomic E-state index is 12.5. The predicted octanol–water partition coefficient (Wildman–Crippen LogP) is 8.83. The molecule has 0 rings (SSSR count). The lowest BCUT2D eigenvalue weighted by Gasteiger charge is -2.20. The summed E-state index contributed by atoms with van der Waals surface area (Å²) in [5.41, 5.74) is 5.30. The van der Waals surface area contributed by atoms with Crippen LogP contribution in [0.4, 0.5) is 0 Å². The Morgan fingerprint density at radius 3 is 1.74 bits per heavy atom. The van der Waals surface area contributed by atoms with Gasteiger partial charge >= 0.3 is 25.7 Å². The van der Waals surface area contributed by atoms with Crippen molar-refractivity contribution in [1.29, 1.82) is 0 Å². The number of allylic oxidation sites excluding steroid dienone is 10. The van der Waals surface area contributed by atoms with Crippen LogP contribution in [0.2, 0.25) is 0 Å². The van der Waals surface area contributed by atoms with E-state index < -0.39 is 51.1 Å². The summed E-state index contributed by atoms with van der Waals surface area (Å²) in [6, 6.07) is -1.53. The number of nitrogens with two attached hydrogens (primary N) is 1. The largest absolute Gasteiger partial charge is 0.480 e. The van der Waals surface area contributed by atoms with Crippen LogP contribution in [0.3, 0.4) is 0 Å². The second kappa shape index (κ2) is 33.3. The number of carbonyl (C=O) groups is 3. The van der Waals surface area contributed by atoms with Crippen molar-refractivity contribution in [3.8, 4) is 0 Å². The highest BCUT2D eigenvalue weighted by molar-refractivity contribution is 7.47. The average Bonchev–Trinajstić information content (AvgIpc) is 3.09. The van der Waals surface area contributed by atoms with E-state index in [1.807, 2.05) is 0 Å². The summed E-state index contributed by atoms with van der Waals surface area (Å²) in [5.74, 6) is -2.46. The normalized spacial score (nSPS) is 14.6. The maximum Gasteiger partial charge on any atom is 0.472 e. The second-order valence-corrected chi connectivity index (χ2v) is 13.4. The van der Waals surface area contributed by atoms with E-state index in [9.17, 15) is 23.8 Å². The topological polar surface area (TPSA) is 172 Å². The molecule has 12 heteroatoms. The third-order valence-electron chi connectivity index (χ3n) is 7.25. The highest BCUT2D eigenvalue weighted by Gasteiger charge is 2.28. The SMILES string of the molecule is CC/C=C/C/C=C/C/C=C/C/C=C/CCCCC(=O)O[C@H](COC(=O)CCCCCCC/C=C/CCCC)COP(=O)(O)OC[C@H](N)C(=O)O. The number of phosphoric ester groups is 1. The minimum Gasteiger partial charge on any atom is -0.480 e. The van der Waals surface area contributed by atoms with E-state index in [0.29, 0.717) is 12.8 Å². The number of rotatable bonds is 33. The first-order chi connectivity index (χ1) is 24.1. The van der Waals surface area contributed by atoms with Crippen molar-refractivity contribution < 1.29 is 47.5 Å². The molecule has 1 unspecified atom stereocenters. The molecule has 3 atom stereocenters. The number of hydrogen-bond donors (Lipinski definition) is 3. The number of carboxylic acids is 1. The van der Waals surface area contributed by atoms with Gasteiger partial charge in [0.25, 0.3) is 0 Å². The molecule has 0 amide bonds. The van der Waals surface area contributed by atoms with Gasteiger partial charge in [0.15, 0.2) is 6.10 Å². The van der Waals surface area contributed by atoms with Crippen LogP contribution < -0.4 is 5.73 Å². The molecular formula is C38H64NO10P. The van der Waals surface area contributed by atoms with Crippen molar-refractivity contribution in [2.24, 2.45) is 5.73 Å². The molecule has 0 aliphatic carbocycles. The van der Waals surface area contributed by atoms with Crippen LogP contribution in [-0.4, -0.2) is 59.9 Å². The lowest BCUT2D eigenvalue weighted by molar-refractivity contribution is -0.161. The number of aliphatic carboxylic acids is 1. The summed E-state index contributed by atoms with van der Waals surface area (Å²) < 4.78 is 32.4. The van der Waals surface area contributed by atoms with Gasteiger partial charge in [-0.3, -0.25) is 23.4 Å². The first-order valence-electron chi connectivity index (χ1n) is 18.3. The van der Waals surface area contributed by atoms with Gasteiger partial charge in [-0.15, -0.1) is 0 Å². The molecule has 0 aromatic rings. The Labute approximate surface area is 300 Å². The Hall–Kier alpha value is -2.82. The minimum absolute atomic E-state index is 0.104. The van der Waals surface area contributed by atoms with Crippen LogP contribution in [0.1, 0.15) is 129 Å². The van der Waals surface area contributed by atoms with E-state index in [2.05, 4.69) is 79.1 Å². The Morgan fingerprint density at radius 2 is 1.12 bits per heavy atom. The molecule has 0 aromatic carbocycles. The molecule has 0 saturated carbocycles. The summed E-state index contributed by atoms with van der Waals surface area (Å²) in [6.45, 7) is 2.55. The van der Waals surface area contributed by atoms with Gasteiger partial charge < -0.3 is 25.2 Å². The Kier molecular flexibility index (Phi) is 31.5. The summed E-state index contributed by atoms with van der Waals surface area (Å²) >= 11 is 0. The van der Waals surface area contributed by atoms with Gasteiger partial charge in [0.1, 0.15) is 12.6 Å². The van der Waals surface area contributed by atoms with Crippen molar-refractivity contribution in [3.63, 3.8) is 0 Å². The van der Waals surface area contributed by atoms with Gasteiger partial charge in [0, 0.05) is 12.8 Å². The number of carbonyl (C=O) groups excluding carboxylic acids is 2. The molecule has 0 heterocycles. The van der Waals surface area contributed by atoms with Crippen LogP contribution in [0.5, 0.6) is 0 Å². The monoisotopic (exact) mass is 725 g/mol. The molecule has 0 aliphatic heterocycles. The Balaban J connectivity index is 4.57. The fourth-order valence-corrected chi connectivity index (χ4v) is 5.11. The molecule has 0 radical (unpaired) electrons. The predicted molar refractivity (Wildman–Crippen MR) is 198 cm³/mol. The Morgan fingerprint density at radius 1 is 0.640 bits per heavy atom. The maximum absolute atomic E-state index is 12.5. The van der Waals surface area contributed by atoms with Gasteiger partial charge in [-0.1, -0.05) is 107 Å². The zero-order valence-corrected chi connectivity index (χ0v) is 31.4. The van der Waals surface area contributed by atoms with Gasteiger partial charge in [-0.2, -0.15) is 0 Å². The van der Waals surface area contributed by atoms with Crippen LogP contribution in [0.15, 0.2) is 60.8 Å². The smallest absolute Gasteiger partial charge is 0.472 e. The highest BCUT2D eigenvalue weighted by atomic mass is 31.2. The molecule has 4 N–H and O–H groups in total. The van der Waals surface area contributed by atoms with E-state index in [0.717, 1.165) is 77.0 Å². The van der Waals surface area contributed by atoms with Crippen LogP contribution >= 0.6 is 7.82 Å². The van der Waals surface area contributed by atoms with Gasteiger partial charge in [-0.05, 0) is 70.6 Å². The molecule has 0 aromatic heterocycles. The van der Waals surface area contributed by atoms with E-state index in [-0.39, 0.29) is 19.4 Å². The summed E-state index contributed by atoms with van der Waals surface area (Å²) in [7, 11) is -4.72. The fourth-order valence-electron chi connectivity index (χ4n) is 4.33. The van der Waals surface area contributed by atoms with E-state index in [4.69, 9.17) is 24.8 Å². The lowest BCUT2D eigenvalue weighted by Crippen LogP contribution is -2.34. The number of esters is 2. The van der Waals surface area contributed by atoms with E-state index in [1.54, 1.807) is 0 Å². The molecule has 0 spiro atoms. The zero-order valence-electron chi connectivity index (χ0n) is 30.5. The molecule has 0 fully saturated rings. The summed E-state index contributed by atoms with van der Waals surface area (Å²) in [5, 5.41) is 8.85. The molecule has 50 heavy (non-hydrogen) atoms. The summed E-state index contributed by atoms with van der Waals surface area (Å²) in [4.78, 5) is 45.6. The number of unbranched alkanes of at least 4 members (excludes halogenated alkanes) is 9. The van der Waals surface area contributed by atoms with Crippen molar-refractivity contribution in [2.75, 3.05) is 19.8 Å². The number of ether oxygens (including phenoxy) is 2. The van der Waals surface area contributed by atoms with Gasteiger partial charge in [0.05, 0.1) is 13.2 Å². The van der Waals surface area contributed by atoms with Crippen molar-refractivity contribution in [2.45, 2.75) is 142 Å². The Bertz CT molecular complexity index is 1090. The third kappa shape index (κ3) is 32.4. The van der Waals surface area contributed by atoms with E-state index >= 15 is 0 Å². The standard InChI is InChI=1S/C38H64NO10P/c1-3-5-7-9-11-13-15-16-17-18-20-22-24-26-28-30-37(41)49-34(32-47-50(44,45)48-33-35(39)38(42)43)31-46-36(40)29-27-25-23-21-19-14-12-10-8-6-4-2/h5,7,10-13,16-17,20,22,34-35H,3-4,6,8-9,14-15,18-19,21,23-33,39H2,1-2H3,(H,42,43)(H,44,45)/b7-5+,12-10+,13-11+,17-16+,22-20+/t34-,35+/m1/s1. The second-order valence-electron chi connectivity index (χ2n) is 12.0. The first kappa shape index (κ1) is 47.2. The molecule has 0 saturated heterocycles. The van der Waals surface area contributed by atoms with E-state index in [1.165, 1.54) is 12.8 Å². The van der Waals surface area contributed by atoms with Crippen LogP contribution in [-0.2, 0) is 37.5 Å². The molecule has 0 bridgehead atoms. The number of carboxylic acid groups (broad SMARTS) is 1. The number of hydrogen-bond acceptors (Lipinski definition) is 9. The molecular weight excluding hydrogens is 661 g/mol. The highest BCUT2D eigenvalue weighted by Crippen LogP contribution is 2.43. The van der Waals surface area contributed by atoms with Crippen LogP contribution in [0.25, 0.3) is 0 Å². The summed E-state index contributed by atoms with van der Waals surface area (Å²) in [6.07, 6.45) is 35.9. The zero-order chi connectivity index (χ0) is 37.1. The van der Waals surface area contributed by atoms with Crippen molar-refractivity contribution in [1.82, 2.24) is 0 Å². The first-order valence-corrected chi connectivity index (χ1v) is 19.8. The van der Waals surface area contributed by atoms with Gasteiger partial charge in [-0.25, -0.2) is 4.57 Å². The molecule has 286 valence electrons. The van der Waals surface area contributed by atoms with Crippen LogP contribution in [0, 0.1) is 0 Å². The lowest BCUT2D eigenvalue weighted by atomic mass is 10.1. The third-order valence-corrected chi connectivity index (χ3v) is 8.20. The fraction of sp³-hybridized carbons (Fsp3) is 0.658. The molecule has 0 aliphatic rings. The number of phosphoric acid groups is 1. The van der Waals surface area contributed by atoms with Crippen molar-refractivity contribution >= 4 is 25.7 Å². The quantitative estimate of drug-likeness (QED) is 0.0255. The average molecular weight is 726 g/mol. The van der Waals surface area contributed by atoms with Gasteiger partial charge in [0.2, 0.25) is 0 Å². The minimum atomic E-state index is -4.72.